The van der Waals surface area contributed by atoms with Gasteiger partial charge in [-0.25, -0.2) is 0 Å². The molecule has 1 aliphatic heterocycles. The number of aromatic nitrogens is 2. The lowest BCUT2D eigenvalue weighted by molar-refractivity contribution is 0.465. The summed E-state index contributed by atoms with van der Waals surface area (Å²) >= 11 is 0. The van der Waals surface area contributed by atoms with Crippen molar-refractivity contribution in [2.45, 2.75) is 6.92 Å². The maximum Gasteiger partial charge on any atom is 0.142 e. The van der Waals surface area contributed by atoms with Crippen LogP contribution < -0.4 is 5.36 Å². The molecule has 2 aliphatic rings. The standard InChI is InChI=1S/C10H11N3O/c1-6-3-7(11)4-8-9(14)5-13(2)12-10(6)8/h3-5,11,14H,1-2H3. The van der Waals surface area contributed by atoms with E-state index in [9.17, 15) is 5.11 Å². The third kappa shape index (κ3) is 1.25. The average Bonchev–Trinajstić information content (AvgIpc) is 2.07. The van der Waals surface area contributed by atoms with Crippen LogP contribution in [0.25, 0.3) is 11.3 Å². The summed E-state index contributed by atoms with van der Waals surface area (Å²) in [5, 5.41) is 21.8. The van der Waals surface area contributed by atoms with Crippen LogP contribution in [-0.2, 0) is 7.05 Å². The van der Waals surface area contributed by atoms with E-state index in [-0.39, 0.29) is 5.75 Å². The van der Waals surface area contributed by atoms with Crippen LogP contribution in [0.2, 0.25) is 0 Å². The zero-order chi connectivity index (χ0) is 10.3. The third-order valence-corrected chi connectivity index (χ3v) is 2.14. The quantitative estimate of drug-likeness (QED) is 0.650. The Morgan fingerprint density at radius 3 is 2.86 bits per heavy atom. The molecule has 0 bridgehead atoms. The number of benzene rings is 1. The van der Waals surface area contributed by atoms with Crippen molar-refractivity contribution in [2.24, 2.45) is 7.05 Å². The fraction of sp³-hybridized carbons (Fsp3) is 0.200. The summed E-state index contributed by atoms with van der Waals surface area (Å²) in [4.78, 5) is 0. The average molecular weight is 189 g/mol. The first-order valence-corrected chi connectivity index (χ1v) is 4.30. The van der Waals surface area contributed by atoms with E-state index >= 15 is 0 Å². The highest BCUT2D eigenvalue weighted by atomic mass is 16.3. The number of fused-ring (bicyclic) bond motifs is 1. The molecule has 0 atom stereocenters. The highest BCUT2D eigenvalue weighted by molar-refractivity contribution is 5.69. The van der Waals surface area contributed by atoms with Gasteiger partial charge in [0, 0.05) is 12.6 Å². The van der Waals surface area contributed by atoms with Crippen molar-refractivity contribution in [1.29, 1.82) is 5.41 Å². The Morgan fingerprint density at radius 2 is 2.14 bits per heavy atom. The smallest absolute Gasteiger partial charge is 0.142 e. The van der Waals surface area contributed by atoms with Gasteiger partial charge in [-0.3, -0.25) is 4.68 Å². The van der Waals surface area contributed by atoms with Crippen molar-refractivity contribution in [3.8, 4) is 17.0 Å². The summed E-state index contributed by atoms with van der Waals surface area (Å²) in [5.41, 5.74) is 2.27. The summed E-state index contributed by atoms with van der Waals surface area (Å²) in [6.45, 7) is 1.88. The summed E-state index contributed by atoms with van der Waals surface area (Å²) in [5.74, 6) is 0.162. The lowest BCUT2D eigenvalue weighted by Gasteiger charge is -2.11. The number of hydrogen-bond donors (Lipinski definition) is 2. The Hall–Kier alpha value is -1.84. The van der Waals surface area contributed by atoms with E-state index in [0.717, 1.165) is 11.3 Å². The van der Waals surface area contributed by atoms with Gasteiger partial charge in [0.05, 0.1) is 17.2 Å². The monoisotopic (exact) mass is 189 g/mol. The van der Waals surface area contributed by atoms with Crippen LogP contribution in [0.4, 0.5) is 0 Å². The predicted molar refractivity (Wildman–Crippen MR) is 52.1 cm³/mol. The molecule has 1 heterocycles. The maximum atomic E-state index is 9.66. The molecule has 0 spiro atoms. The fourth-order valence-corrected chi connectivity index (χ4v) is 1.54. The summed E-state index contributed by atoms with van der Waals surface area (Å²) in [7, 11) is 1.76. The minimum absolute atomic E-state index is 0.162. The molecular formula is C10H11N3O. The van der Waals surface area contributed by atoms with Gasteiger partial charge in [0.15, 0.2) is 0 Å². The van der Waals surface area contributed by atoms with Crippen LogP contribution in [0.3, 0.4) is 0 Å². The largest absolute Gasteiger partial charge is 0.506 e. The molecule has 0 fully saturated rings. The second-order valence-electron chi connectivity index (χ2n) is 3.38. The molecule has 4 heteroatoms. The second kappa shape index (κ2) is 2.83. The van der Waals surface area contributed by atoms with Crippen LogP contribution in [0.1, 0.15) is 5.56 Å². The number of nitrogens with zero attached hydrogens (tertiary/aromatic N) is 2. The van der Waals surface area contributed by atoms with Crippen LogP contribution in [0.5, 0.6) is 5.75 Å². The first kappa shape index (κ1) is 8.74. The molecule has 2 rings (SSSR count). The minimum atomic E-state index is 0.162. The van der Waals surface area contributed by atoms with Gasteiger partial charge in [-0.05, 0) is 24.6 Å². The van der Waals surface area contributed by atoms with E-state index in [1.807, 2.05) is 6.92 Å². The minimum Gasteiger partial charge on any atom is -0.506 e. The van der Waals surface area contributed by atoms with Gasteiger partial charge in [0.1, 0.15) is 5.75 Å². The molecule has 0 radical (unpaired) electrons. The lowest BCUT2D eigenvalue weighted by Crippen LogP contribution is -2.07. The molecule has 0 saturated carbocycles. The number of aromatic hydroxyl groups is 1. The van der Waals surface area contributed by atoms with Crippen molar-refractivity contribution in [2.75, 3.05) is 0 Å². The molecule has 0 aromatic carbocycles. The third-order valence-electron chi connectivity index (χ3n) is 2.14. The van der Waals surface area contributed by atoms with Gasteiger partial charge in [-0.15, -0.1) is 0 Å². The highest BCUT2D eigenvalue weighted by Crippen LogP contribution is 2.28. The van der Waals surface area contributed by atoms with Crippen LogP contribution >= 0.6 is 0 Å². The van der Waals surface area contributed by atoms with Gasteiger partial charge in [0.2, 0.25) is 0 Å². The lowest BCUT2D eigenvalue weighted by atomic mass is 10.0. The Kier molecular flexibility index (Phi) is 1.77. The van der Waals surface area contributed by atoms with Crippen LogP contribution in [0.15, 0.2) is 18.3 Å². The molecule has 1 aliphatic carbocycles. The Bertz CT molecular complexity index is 516. The van der Waals surface area contributed by atoms with Gasteiger partial charge >= 0.3 is 0 Å². The zero-order valence-corrected chi connectivity index (χ0v) is 8.07. The van der Waals surface area contributed by atoms with Gasteiger partial charge in [0.25, 0.3) is 0 Å². The molecule has 14 heavy (non-hydrogen) atoms. The molecular weight excluding hydrogens is 178 g/mol. The zero-order valence-electron chi connectivity index (χ0n) is 8.07. The normalized spacial score (nSPS) is 10.7. The molecule has 72 valence electrons. The van der Waals surface area contributed by atoms with E-state index in [2.05, 4.69) is 5.10 Å². The van der Waals surface area contributed by atoms with Crippen molar-refractivity contribution in [3.05, 3.63) is 29.3 Å². The Balaban J connectivity index is 2.93. The molecule has 2 N–H and O–H groups in total. The topological polar surface area (TPSA) is 61.9 Å². The molecule has 0 saturated heterocycles. The Morgan fingerprint density at radius 1 is 1.43 bits per heavy atom. The molecule has 0 unspecified atom stereocenters. The van der Waals surface area contributed by atoms with E-state index in [1.165, 1.54) is 6.20 Å². The predicted octanol–water partition coefficient (Wildman–Crippen LogP) is 1.02. The van der Waals surface area contributed by atoms with Crippen molar-refractivity contribution < 1.29 is 5.11 Å². The van der Waals surface area contributed by atoms with Crippen LogP contribution in [-0.4, -0.2) is 14.9 Å². The van der Waals surface area contributed by atoms with Gasteiger partial charge in [-0.2, -0.15) is 5.10 Å². The van der Waals surface area contributed by atoms with E-state index in [1.54, 1.807) is 23.9 Å². The van der Waals surface area contributed by atoms with E-state index < -0.39 is 0 Å². The van der Waals surface area contributed by atoms with Crippen LogP contribution in [0, 0.1) is 12.3 Å². The summed E-state index contributed by atoms with van der Waals surface area (Å²) < 4.78 is 1.56. The SMILES string of the molecule is Cc1cc(=N)cc2c(O)cn(C)nc1-2. The number of nitrogens with one attached hydrogen (secondary N) is 1. The molecule has 0 aromatic heterocycles. The van der Waals surface area contributed by atoms with Gasteiger partial charge in [-0.1, -0.05) is 0 Å². The van der Waals surface area contributed by atoms with Crippen molar-refractivity contribution >= 4 is 0 Å². The first-order chi connectivity index (χ1) is 6.58. The van der Waals surface area contributed by atoms with Crippen molar-refractivity contribution in [1.82, 2.24) is 9.78 Å². The second-order valence-corrected chi connectivity index (χ2v) is 3.38. The molecule has 0 aromatic rings. The number of aryl methyl sites for hydroxylation is 2. The fourth-order valence-electron chi connectivity index (χ4n) is 1.54. The van der Waals surface area contributed by atoms with E-state index in [0.29, 0.717) is 10.9 Å². The highest BCUT2D eigenvalue weighted by Gasteiger charge is 2.11. The molecule has 4 nitrogen and oxygen atoms in total. The first-order valence-electron chi connectivity index (χ1n) is 4.30. The summed E-state index contributed by atoms with van der Waals surface area (Å²) in [6, 6.07) is 3.35. The van der Waals surface area contributed by atoms with Gasteiger partial charge < -0.3 is 10.5 Å². The number of rotatable bonds is 0. The molecule has 0 amide bonds. The summed E-state index contributed by atoms with van der Waals surface area (Å²) in [6.07, 6.45) is 1.53. The van der Waals surface area contributed by atoms with Crippen molar-refractivity contribution in [3.63, 3.8) is 0 Å². The maximum absolute atomic E-state index is 9.66. The number of hydrogen-bond acceptors (Lipinski definition) is 3. The Labute approximate surface area is 81.3 Å². The van der Waals surface area contributed by atoms with E-state index in [4.69, 9.17) is 5.41 Å².